The van der Waals surface area contributed by atoms with E-state index in [4.69, 9.17) is 10.5 Å². The lowest BCUT2D eigenvalue weighted by molar-refractivity contribution is -0.0864. The van der Waals surface area contributed by atoms with E-state index >= 15 is 0 Å². The molecule has 4 heteroatoms. The first-order chi connectivity index (χ1) is 8.67. The maximum Gasteiger partial charge on any atom is 0.125 e. The molecule has 1 aliphatic heterocycles. The zero-order valence-corrected chi connectivity index (χ0v) is 11.3. The molecule has 1 atom stereocenters. The molecule has 0 aliphatic carbocycles. The van der Waals surface area contributed by atoms with E-state index < -0.39 is 0 Å². The Morgan fingerprint density at radius 3 is 2.94 bits per heavy atom. The Morgan fingerprint density at radius 1 is 1.50 bits per heavy atom. The van der Waals surface area contributed by atoms with Gasteiger partial charge in [-0.1, -0.05) is 13.8 Å². The van der Waals surface area contributed by atoms with Gasteiger partial charge in [-0.3, -0.25) is 0 Å². The third-order valence-electron chi connectivity index (χ3n) is 3.93. The minimum absolute atomic E-state index is 0.0501. The van der Waals surface area contributed by atoms with Crippen molar-refractivity contribution in [1.29, 1.82) is 0 Å². The van der Waals surface area contributed by atoms with Gasteiger partial charge in [0.05, 0.1) is 5.60 Å². The Bertz CT molecular complexity index is 390. The third kappa shape index (κ3) is 2.93. The number of pyridine rings is 1. The van der Waals surface area contributed by atoms with E-state index in [0.717, 1.165) is 38.0 Å². The van der Waals surface area contributed by atoms with Crippen molar-refractivity contribution in [3.8, 4) is 0 Å². The van der Waals surface area contributed by atoms with Crippen LogP contribution >= 0.6 is 0 Å². The van der Waals surface area contributed by atoms with Gasteiger partial charge < -0.3 is 15.8 Å². The number of nitrogens with one attached hydrogen (secondary N) is 1. The number of hydrogen-bond donors (Lipinski definition) is 2. The maximum atomic E-state index is 5.98. The summed E-state index contributed by atoms with van der Waals surface area (Å²) in [5.41, 5.74) is 6.80. The molecule has 100 valence electrons. The number of nitrogens with zero attached hydrogens (tertiary/aromatic N) is 1. The molecule has 0 bridgehead atoms. The molecule has 1 unspecified atom stereocenters. The van der Waals surface area contributed by atoms with Crippen LogP contribution in [0.25, 0.3) is 0 Å². The van der Waals surface area contributed by atoms with Gasteiger partial charge in [0.2, 0.25) is 0 Å². The number of anilines is 2. The minimum Gasteiger partial charge on any atom is -0.384 e. The highest BCUT2D eigenvalue weighted by Crippen LogP contribution is 2.32. The number of ether oxygens (including phenoxy) is 1. The fourth-order valence-electron chi connectivity index (χ4n) is 2.67. The minimum atomic E-state index is 0.0501. The van der Waals surface area contributed by atoms with Gasteiger partial charge >= 0.3 is 0 Å². The molecular weight excluding hydrogens is 226 g/mol. The summed E-state index contributed by atoms with van der Waals surface area (Å²) in [6, 6.07) is 4.31. The average molecular weight is 249 g/mol. The smallest absolute Gasteiger partial charge is 0.125 e. The topological polar surface area (TPSA) is 60.2 Å². The van der Waals surface area contributed by atoms with Crippen LogP contribution in [0.3, 0.4) is 0 Å². The third-order valence-corrected chi connectivity index (χ3v) is 3.93. The lowest BCUT2D eigenvalue weighted by Gasteiger charge is -2.40. The van der Waals surface area contributed by atoms with Crippen molar-refractivity contribution in [2.75, 3.05) is 17.7 Å². The normalized spacial score (nSPS) is 22.7. The predicted molar refractivity (Wildman–Crippen MR) is 74.6 cm³/mol. The van der Waals surface area contributed by atoms with Gasteiger partial charge in [0.15, 0.2) is 0 Å². The van der Waals surface area contributed by atoms with E-state index in [-0.39, 0.29) is 5.60 Å². The van der Waals surface area contributed by atoms with Crippen LogP contribution in [0.15, 0.2) is 18.3 Å². The molecule has 0 saturated carbocycles. The summed E-state index contributed by atoms with van der Waals surface area (Å²) in [7, 11) is 0. The van der Waals surface area contributed by atoms with Crippen molar-refractivity contribution < 1.29 is 4.74 Å². The highest BCUT2D eigenvalue weighted by Gasteiger charge is 2.34. The van der Waals surface area contributed by atoms with Crippen LogP contribution in [0.4, 0.5) is 11.5 Å². The molecule has 1 aromatic rings. The van der Waals surface area contributed by atoms with Crippen LogP contribution in [0, 0.1) is 0 Å². The Labute approximate surface area is 109 Å². The fraction of sp³-hybridized carbons (Fsp3) is 0.643. The van der Waals surface area contributed by atoms with E-state index in [1.54, 1.807) is 6.20 Å². The molecule has 0 spiro atoms. The summed E-state index contributed by atoms with van der Waals surface area (Å²) in [6.07, 6.45) is 5.98. The molecule has 1 fully saturated rings. The lowest BCUT2D eigenvalue weighted by atomic mass is 9.86. The van der Waals surface area contributed by atoms with Gasteiger partial charge in [-0.25, -0.2) is 4.98 Å². The predicted octanol–water partition coefficient (Wildman–Crippen LogP) is 2.81. The molecule has 0 radical (unpaired) electrons. The Balaban J connectivity index is 2.01. The number of aromatic nitrogens is 1. The molecule has 1 aromatic heterocycles. The molecule has 4 nitrogen and oxygen atoms in total. The van der Waals surface area contributed by atoms with Gasteiger partial charge in [0.25, 0.3) is 0 Å². The molecule has 2 rings (SSSR count). The van der Waals surface area contributed by atoms with E-state index in [0.29, 0.717) is 11.9 Å². The molecule has 18 heavy (non-hydrogen) atoms. The van der Waals surface area contributed by atoms with Crippen molar-refractivity contribution in [2.24, 2.45) is 0 Å². The first kappa shape index (κ1) is 13.1. The number of hydrogen-bond acceptors (Lipinski definition) is 4. The van der Waals surface area contributed by atoms with Crippen LogP contribution in [0.5, 0.6) is 0 Å². The molecule has 0 amide bonds. The van der Waals surface area contributed by atoms with Crippen LogP contribution in [0.1, 0.15) is 39.5 Å². The summed E-state index contributed by atoms with van der Waals surface area (Å²) < 4.78 is 5.98. The maximum absolute atomic E-state index is 5.98. The van der Waals surface area contributed by atoms with Gasteiger partial charge in [-0.2, -0.15) is 0 Å². The molecule has 3 N–H and O–H groups in total. The molecular formula is C14H23N3O. The van der Waals surface area contributed by atoms with Crippen molar-refractivity contribution in [1.82, 2.24) is 4.98 Å². The quantitative estimate of drug-likeness (QED) is 0.861. The number of nitrogens with two attached hydrogens (primary N) is 1. The number of nitrogen functional groups attached to an aromatic ring is 1. The van der Waals surface area contributed by atoms with Gasteiger partial charge in [-0.15, -0.1) is 0 Å². The Morgan fingerprint density at radius 2 is 2.28 bits per heavy atom. The summed E-state index contributed by atoms with van der Waals surface area (Å²) in [5, 5.41) is 3.55. The summed E-state index contributed by atoms with van der Waals surface area (Å²) in [5.74, 6) is 0.560. The SMILES string of the molecule is CCC1(CC)CC(Nc2ccnc(N)c2)CCO1. The zero-order chi connectivity index (χ0) is 13.0. The summed E-state index contributed by atoms with van der Waals surface area (Å²) in [6.45, 7) is 5.24. The first-order valence-electron chi connectivity index (χ1n) is 6.79. The van der Waals surface area contributed by atoms with E-state index in [1.807, 2.05) is 12.1 Å². The summed E-state index contributed by atoms with van der Waals surface area (Å²) >= 11 is 0. The standard InChI is InChI=1S/C14H23N3O/c1-3-14(4-2)10-12(6-8-18-14)17-11-5-7-16-13(15)9-11/h5,7,9,12H,3-4,6,8,10H2,1-2H3,(H3,15,16,17). The molecule has 2 heterocycles. The zero-order valence-electron chi connectivity index (χ0n) is 11.3. The number of rotatable bonds is 4. The van der Waals surface area contributed by atoms with Gasteiger partial charge in [0.1, 0.15) is 5.82 Å². The lowest BCUT2D eigenvalue weighted by Crippen LogP contribution is -2.43. The van der Waals surface area contributed by atoms with Crippen LogP contribution in [0.2, 0.25) is 0 Å². The van der Waals surface area contributed by atoms with Crippen LogP contribution in [-0.4, -0.2) is 23.2 Å². The van der Waals surface area contributed by atoms with E-state index in [1.165, 1.54) is 0 Å². The fourth-order valence-corrected chi connectivity index (χ4v) is 2.67. The largest absolute Gasteiger partial charge is 0.384 e. The molecule has 1 saturated heterocycles. The summed E-state index contributed by atoms with van der Waals surface area (Å²) in [4.78, 5) is 4.01. The van der Waals surface area contributed by atoms with E-state index in [9.17, 15) is 0 Å². The van der Waals surface area contributed by atoms with Crippen molar-refractivity contribution in [3.05, 3.63) is 18.3 Å². The highest BCUT2D eigenvalue weighted by molar-refractivity contribution is 5.50. The average Bonchev–Trinajstić information content (AvgIpc) is 2.39. The van der Waals surface area contributed by atoms with Gasteiger partial charge in [-0.05, 0) is 31.7 Å². The second kappa shape index (κ2) is 5.57. The van der Waals surface area contributed by atoms with E-state index in [2.05, 4.69) is 24.1 Å². The molecule has 1 aliphatic rings. The monoisotopic (exact) mass is 249 g/mol. The Hall–Kier alpha value is -1.29. The first-order valence-corrected chi connectivity index (χ1v) is 6.79. The van der Waals surface area contributed by atoms with Crippen LogP contribution < -0.4 is 11.1 Å². The molecule has 0 aromatic carbocycles. The Kier molecular flexibility index (Phi) is 4.07. The van der Waals surface area contributed by atoms with Crippen molar-refractivity contribution in [3.63, 3.8) is 0 Å². The van der Waals surface area contributed by atoms with Crippen molar-refractivity contribution in [2.45, 2.75) is 51.2 Å². The second-order valence-electron chi connectivity index (χ2n) is 5.04. The van der Waals surface area contributed by atoms with Crippen LogP contribution in [-0.2, 0) is 4.74 Å². The second-order valence-corrected chi connectivity index (χ2v) is 5.04. The highest BCUT2D eigenvalue weighted by atomic mass is 16.5. The van der Waals surface area contributed by atoms with Crippen molar-refractivity contribution >= 4 is 11.5 Å². The van der Waals surface area contributed by atoms with Gasteiger partial charge in [0, 0.05) is 30.6 Å².